The van der Waals surface area contributed by atoms with Crippen molar-refractivity contribution >= 4 is 5.97 Å². The van der Waals surface area contributed by atoms with Crippen LogP contribution in [0.2, 0.25) is 0 Å². The molecule has 0 radical (unpaired) electrons. The molecule has 1 unspecified atom stereocenters. The van der Waals surface area contributed by atoms with Crippen molar-refractivity contribution in [3.8, 4) is 0 Å². The number of nitrogens with zero attached hydrogens (tertiary/aromatic N) is 1. The smallest absolute Gasteiger partial charge is 0.306 e. The Labute approximate surface area is 170 Å². The maximum absolute atomic E-state index is 11.8. The Bertz CT molecular complexity index is 371. The number of hydrogen-bond acceptors (Lipinski definition) is 2. The summed E-state index contributed by atoms with van der Waals surface area (Å²) in [6.07, 6.45) is 21.9. The van der Waals surface area contributed by atoms with Crippen LogP contribution in [0.3, 0.4) is 0 Å². The zero-order valence-corrected chi connectivity index (χ0v) is 19.1. The molecule has 0 aliphatic heterocycles. The molecule has 0 aromatic rings. The Balaban J connectivity index is 3.37. The molecule has 27 heavy (non-hydrogen) atoms. The van der Waals surface area contributed by atoms with Gasteiger partial charge in [-0.1, -0.05) is 70.4 Å². The van der Waals surface area contributed by atoms with Crippen LogP contribution in [0.15, 0.2) is 12.2 Å². The number of hydrogen-bond donors (Lipinski definition) is 0. The fourth-order valence-corrected chi connectivity index (χ4v) is 3.43. The third-order valence-corrected chi connectivity index (χ3v) is 4.78. The van der Waals surface area contributed by atoms with Gasteiger partial charge in [0.05, 0.1) is 21.1 Å². The second kappa shape index (κ2) is 17.3. The highest BCUT2D eigenvalue weighted by Crippen LogP contribution is 2.11. The molecule has 0 heterocycles. The first-order valence-electron chi connectivity index (χ1n) is 11.5. The molecule has 0 aliphatic carbocycles. The molecule has 0 amide bonds. The molecule has 0 fully saturated rings. The van der Waals surface area contributed by atoms with Gasteiger partial charge in [-0.05, 0) is 39.0 Å². The molecule has 0 N–H and O–H groups in total. The summed E-state index contributed by atoms with van der Waals surface area (Å²) >= 11 is 0. The molecule has 0 saturated carbocycles. The summed E-state index contributed by atoms with van der Waals surface area (Å²) in [5, 5.41) is 0. The number of quaternary nitrogens is 1. The topological polar surface area (TPSA) is 26.3 Å². The summed E-state index contributed by atoms with van der Waals surface area (Å²) in [5.41, 5.74) is 0. The Morgan fingerprint density at radius 2 is 1.30 bits per heavy atom. The van der Waals surface area contributed by atoms with Crippen LogP contribution in [-0.4, -0.2) is 44.2 Å². The average Bonchev–Trinajstić information content (AvgIpc) is 2.56. The molecule has 0 spiro atoms. The van der Waals surface area contributed by atoms with Crippen LogP contribution in [-0.2, 0) is 9.53 Å². The van der Waals surface area contributed by atoms with E-state index >= 15 is 0 Å². The SMILES string of the molecule is CCCCCCCCC=CCCCCCCCC(=O)OC(C)C[N+](C)(C)C. The summed E-state index contributed by atoms with van der Waals surface area (Å²) in [6.45, 7) is 5.12. The molecule has 3 heteroatoms. The van der Waals surface area contributed by atoms with Crippen LogP contribution in [0.1, 0.15) is 104 Å². The molecular formula is C24H48NO2+. The maximum atomic E-state index is 11.8. The van der Waals surface area contributed by atoms with E-state index in [1.54, 1.807) is 0 Å². The highest BCUT2D eigenvalue weighted by atomic mass is 16.5. The van der Waals surface area contributed by atoms with Crippen molar-refractivity contribution in [3.63, 3.8) is 0 Å². The van der Waals surface area contributed by atoms with E-state index in [0.29, 0.717) is 6.42 Å². The quantitative estimate of drug-likeness (QED) is 0.115. The summed E-state index contributed by atoms with van der Waals surface area (Å²) in [7, 11) is 6.36. The summed E-state index contributed by atoms with van der Waals surface area (Å²) in [4.78, 5) is 11.8. The largest absolute Gasteiger partial charge is 0.457 e. The van der Waals surface area contributed by atoms with E-state index < -0.39 is 0 Å². The summed E-state index contributed by atoms with van der Waals surface area (Å²) in [6, 6.07) is 0. The van der Waals surface area contributed by atoms with Crippen molar-refractivity contribution in [3.05, 3.63) is 12.2 Å². The number of esters is 1. The molecule has 0 rings (SSSR count). The van der Waals surface area contributed by atoms with E-state index in [0.717, 1.165) is 23.9 Å². The number of rotatable bonds is 18. The van der Waals surface area contributed by atoms with E-state index in [9.17, 15) is 4.79 Å². The molecule has 0 aliphatic rings. The van der Waals surface area contributed by atoms with E-state index in [1.165, 1.54) is 70.6 Å². The number of ether oxygens (including phenoxy) is 1. The van der Waals surface area contributed by atoms with Gasteiger partial charge < -0.3 is 9.22 Å². The number of likely N-dealkylation sites (N-methyl/N-ethyl adjacent to an activating group) is 1. The normalized spacial score (nSPS) is 13.2. The van der Waals surface area contributed by atoms with Gasteiger partial charge in [-0.25, -0.2) is 0 Å². The first-order valence-corrected chi connectivity index (χ1v) is 11.5. The first-order chi connectivity index (χ1) is 12.8. The highest BCUT2D eigenvalue weighted by molar-refractivity contribution is 5.69. The maximum Gasteiger partial charge on any atom is 0.306 e. The molecule has 3 nitrogen and oxygen atoms in total. The van der Waals surface area contributed by atoms with Crippen molar-refractivity contribution in [1.82, 2.24) is 0 Å². The van der Waals surface area contributed by atoms with Gasteiger partial charge in [0.2, 0.25) is 0 Å². The van der Waals surface area contributed by atoms with Gasteiger partial charge in [-0.3, -0.25) is 4.79 Å². The summed E-state index contributed by atoms with van der Waals surface area (Å²) in [5.74, 6) is -0.0337. The van der Waals surface area contributed by atoms with Gasteiger partial charge in [0.1, 0.15) is 12.6 Å². The first kappa shape index (κ1) is 26.2. The van der Waals surface area contributed by atoms with Crippen LogP contribution in [0.5, 0.6) is 0 Å². The lowest BCUT2D eigenvalue weighted by molar-refractivity contribution is -0.873. The lowest BCUT2D eigenvalue weighted by Gasteiger charge is -2.27. The van der Waals surface area contributed by atoms with Crippen LogP contribution < -0.4 is 0 Å². The predicted octanol–water partition coefficient (Wildman–Crippen LogP) is 6.66. The number of allylic oxidation sites excluding steroid dienone is 2. The van der Waals surface area contributed by atoms with Crippen LogP contribution in [0.25, 0.3) is 0 Å². The molecule has 0 aromatic carbocycles. The lowest BCUT2D eigenvalue weighted by atomic mass is 10.1. The van der Waals surface area contributed by atoms with Gasteiger partial charge in [0, 0.05) is 6.42 Å². The fourth-order valence-electron chi connectivity index (χ4n) is 3.43. The van der Waals surface area contributed by atoms with Gasteiger partial charge in [0.25, 0.3) is 0 Å². The van der Waals surface area contributed by atoms with Crippen molar-refractivity contribution in [2.45, 2.75) is 110 Å². The van der Waals surface area contributed by atoms with Gasteiger partial charge in [-0.15, -0.1) is 0 Å². The standard InChI is InChI=1S/C24H48NO2/c1-6-7-8-9-10-11-12-13-14-15-16-17-18-19-20-21-24(26)27-23(2)22-25(3,4)5/h13-14,23H,6-12,15-22H2,1-5H3/q+1. The second-order valence-corrected chi connectivity index (χ2v) is 9.11. The Morgan fingerprint density at radius 1 is 0.815 bits per heavy atom. The van der Waals surface area contributed by atoms with Crippen molar-refractivity contribution < 1.29 is 14.0 Å². The number of carbonyl (C=O) groups excluding carboxylic acids is 1. The lowest BCUT2D eigenvalue weighted by Crippen LogP contribution is -2.41. The van der Waals surface area contributed by atoms with Gasteiger partial charge in [0.15, 0.2) is 0 Å². The van der Waals surface area contributed by atoms with Gasteiger partial charge >= 0.3 is 5.97 Å². The molecule has 0 bridgehead atoms. The Hall–Kier alpha value is -0.830. The van der Waals surface area contributed by atoms with Crippen LogP contribution in [0.4, 0.5) is 0 Å². The van der Waals surface area contributed by atoms with E-state index in [4.69, 9.17) is 4.74 Å². The van der Waals surface area contributed by atoms with Crippen LogP contribution in [0, 0.1) is 0 Å². The average molecular weight is 383 g/mol. The number of unbranched alkanes of at least 4 members (excludes halogenated alkanes) is 11. The minimum absolute atomic E-state index is 0.000581. The second-order valence-electron chi connectivity index (χ2n) is 9.11. The third-order valence-electron chi connectivity index (χ3n) is 4.78. The fraction of sp³-hybridized carbons (Fsp3) is 0.875. The highest BCUT2D eigenvalue weighted by Gasteiger charge is 2.17. The van der Waals surface area contributed by atoms with Crippen molar-refractivity contribution in [2.24, 2.45) is 0 Å². The number of carbonyl (C=O) groups is 1. The molecule has 0 saturated heterocycles. The zero-order chi connectivity index (χ0) is 20.4. The van der Waals surface area contributed by atoms with Gasteiger partial charge in [-0.2, -0.15) is 0 Å². The Kier molecular flexibility index (Phi) is 16.7. The van der Waals surface area contributed by atoms with Crippen molar-refractivity contribution in [1.29, 1.82) is 0 Å². The van der Waals surface area contributed by atoms with E-state index in [-0.39, 0.29) is 12.1 Å². The van der Waals surface area contributed by atoms with E-state index in [1.807, 2.05) is 6.92 Å². The molecule has 0 aromatic heterocycles. The monoisotopic (exact) mass is 382 g/mol. The minimum Gasteiger partial charge on any atom is -0.457 e. The van der Waals surface area contributed by atoms with Crippen LogP contribution >= 0.6 is 0 Å². The zero-order valence-electron chi connectivity index (χ0n) is 19.1. The third kappa shape index (κ3) is 21.3. The predicted molar refractivity (Wildman–Crippen MR) is 118 cm³/mol. The molecular weight excluding hydrogens is 334 g/mol. The Morgan fingerprint density at radius 3 is 1.81 bits per heavy atom. The summed E-state index contributed by atoms with van der Waals surface area (Å²) < 4.78 is 6.30. The minimum atomic E-state index is -0.0337. The molecule has 1 atom stereocenters. The van der Waals surface area contributed by atoms with E-state index in [2.05, 4.69) is 40.2 Å². The van der Waals surface area contributed by atoms with Crippen molar-refractivity contribution in [2.75, 3.05) is 27.7 Å². The molecule has 160 valence electrons.